The summed E-state index contributed by atoms with van der Waals surface area (Å²) in [6.07, 6.45) is 3.75. The molecule has 0 saturated heterocycles. The summed E-state index contributed by atoms with van der Waals surface area (Å²) in [4.78, 5) is 36.4. The van der Waals surface area contributed by atoms with Crippen molar-refractivity contribution in [2.75, 3.05) is 19.5 Å². The van der Waals surface area contributed by atoms with Crippen LogP contribution in [0.1, 0.15) is 24.1 Å². The number of allylic oxidation sites excluding steroid dienone is 1. The number of aromatic nitrogens is 2. The van der Waals surface area contributed by atoms with Gasteiger partial charge in [-0.15, -0.1) is 0 Å². The van der Waals surface area contributed by atoms with Crippen LogP contribution in [-0.4, -0.2) is 29.7 Å². The lowest BCUT2D eigenvalue weighted by Crippen LogP contribution is -2.40. The SMILES string of the molecule is COc1ccc([C@@H]2C(C(=O)Nc3ccccc3)=C(C)N=c3s/c(=C\c4c[nH]c5ccccc45)c(=O)n32)c(OC)c1. The van der Waals surface area contributed by atoms with Gasteiger partial charge in [0.1, 0.15) is 17.5 Å². The summed E-state index contributed by atoms with van der Waals surface area (Å²) in [5.74, 6) is 0.750. The predicted octanol–water partition coefficient (Wildman–Crippen LogP) is 4.37. The molecule has 2 aromatic heterocycles. The Morgan fingerprint density at radius 2 is 1.82 bits per heavy atom. The van der Waals surface area contributed by atoms with Crippen LogP contribution in [0.25, 0.3) is 17.0 Å². The Bertz CT molecular complexity index is 1970. The first-order valence-corrected chi connectivity index (χ1v) is 13.5. The Kier molecular flexibility index (Phi) is 6.57. The summed E-state index contributed by atoms with van der Waals surface area (Å²) in [5, 5.41) is 3.98. The molecule has 1 aliphatic rings. The molecule has 3 aromatic carbocycles. The standard InChI is InChI=1S/C31H26N4O4S/c1-18-27(29(36)34-20-9-5-4-6-10-20)28(23-14-13-21(38-2)16-25(23)39-3)35-30(37)26(40-31(35)33-18)15-19-17-32-24-12-8-7-11-22(19)24/h4-17,28,32H,1-3H3,(H,34,36)/b26-15-/t28-/m1/s1. The number of ether oxygens (including phenoxy) is 2. The Balaban J connectivity index is 1.56. The predicted molar refractivity (Wildman–Crippen MR) is 157 cm³/mol. The summed E-state index contributed by atoms with van der Waals surface area (Å²) in [6, 6.07) is 21.7. The van der Waals surface area contributed by atoms with Crippen LogP contribution in [-0.2, 0) is 4.79 Å². The van der Waals surface area contributed by atoms with E-state index in [0.29, 0.717) is 43.4 Å². The number of thiazole rings is 1. The second-order valence-electron chi connectivity index (χ2n) is 9.30. The summed E-state index contributed by atoms with van der Waals surface area (Å²) >= 11 is 1.29. The van der Waals surface area contributed by atoms with E-state index >= 15 is 0 Å². The molecule has 8 nitrogen and oxygen atoms in total. The van der Waals surface area contributed by atoms with E-state index in [0.717, 1.165) is 16.5 Å². The molecule has 3 heterocycles. The van der Waals surface area contributed by atoms with E-state index in [1.807, 2.05) is 72.9 Å². The van der Waals surface area contributed by atoms with Gasteiger partial charge in [-0.3, -0.25) is 14.2 Å². The van der Waals surface area contributed by atoms with E-state index in [9.17, 15) is 9.59 Å². The first kappa shape index (κ1) is 25.4. The number of nitrogens with one attached hydrogen (secondary N) is 2. The van der Waals surface area contributed by atoms with Crippen molar-refractivity contribution in [2.24, 2.45) is 4.99 Å². The fourth-order valence-corrected chi connectivity index (χ4v) is 6.06. The fourth-order valence-electron chi connectivity index (χ4n) is 5.02. The number of methoxy groups -OCH3 is 2. The molecular formula is C31H26N4O4S. The van der Waals surface area contributed by atoms with Crippen molar-refractivity contribution in [1.29, 1.82) is 0 Å². The van der Waals surface area contributed by atoms with Crippen molar-refractivity contribution in [1.82, 2.24) is 9.55 Å². The molecule has 0 bridgehead atoms. The van der Waals surface area contributed by atoms with E-state index in [1.165, 1.54) is 11.3 Å². The number of fused-ring (bicyclic) bond motifs is 2. The number of hydrogen-bond acceptors (Lipinski definition) is 6. The highest BCUT2D eigenvalue weighted by Gasteiger charge is 2.34. The number of nitrogens with zero attached hydrogens (tertiary/aromatic N) is 2. The Morgan fingerprint density at radius 1 is 1.05 bits per heavy atom. The van der Waals surface area contributed by atoms with Crippen molar-refractivity contribution < 1.29 is 14.3 Å². The minimum absolute atomic E-state index is 0.241. The Labute approximate surface area is 233 Å². The molecule has 0 spiro atoms. The average molecular weight is 551 g/mol. The number of amides is 1. The van der Waals surface area contributed by atoms with Gasteiger partial charge in [-0.2, -0.15) is 0 Å². The van der Waals surface area contributed by atoms with Crippen molar-refractivity contribution in [2.45, 2.75) is 13.0 Å². The van der Waals surface area contributed by atoms with Crippen molar-refractivity contribution in [3.05, 3.63) is 121 Å². The normalized spacial score (nSPS) is 15.1. The number of anilines is 1. The molecule has 6 rings (SSSR count). The summed E-state index contributed by atoms with van der Waals surface area (Å²) < 4.78 is 13.2. The smallest absolute Gasteiger partial charge is 0.271 e. The van der Waals surface area contributed by atoms with E-state index in [1.54, 1.807) is 37.8 Å². The van der Waals surface area contributed by atoms with Crippen molar-refractivity contribution in [3.8, 4) is 11.5 Å². The van der Waals surface area contributed by atoms with Gasteiger partial charge in [-0.25, -0.2) is 4.99 Å². The van der Waals surface area contributed by atoms with E-state index in [2.05, 4.69) is 10.3 Å². The fraction of sp³-hybridized carbons (Fsp3) is 0.129. The quantitative estimate of drug-likeness (QED) is 0.328. The van der Waals surface area contributed by atoms with Gasteiger partial charge < -0.3 is 19.8 Å². The van der Waals surface area contributed by atoms with Gasteiger partial charge in [0, 0.05) is 40.0 Å². The highest BCUT2D eigenvalue weighted by Crippen LogP contribution is 2.37. The van der Waals surface area contributed by atoms with Gasteiger partial charge in [0.15, 0.2) is 4.80 Å². The first-order valence-electron chi connectivity index (χ1n) is 12.7. The molecule has 0 fully saturated rings. The van der Waals surface area contributed by atoms with Crippen molar-refractivity contribution in [3.63, 3.8) is 0 Å². The van der Waals surface area contributed by atoms with E-state index < -0.39 is 6.04 Å². The van der Waals surface area contributed by atoms with Crippen LogP contribution in [0.3, 0.4) is 0 Å². The highest BCUT2D eigenvalue weighted by molar-refractivity contribution is 7.07. The minimum atomic E-state index is -0.772. The largest absolute Gasteiger partial charge is 0.497 e. The zero-order valence-electron chi connectivity index (χ0n) is 22.1. The van der Waals surface area contributed by atoms with Crippen LogP contribution < -0.4 is 29.7 Å². The lowest BCUT2D eigenvalue weighted by Gasteiger charge is -2.26. The highest BCUT2D eigenvalue weighted by atomic mass is 32.1. The molecule has 5 aromatic rings. The zero-order chi connectivity index (χ0) is 27.8. The van der Waals surface area contributed by atoms with Gasteiger partial charge in [0.25, 0.3) is 11.5 Å². The number of hydrogen-bond donors (Lipinski definition) is 2. The number of aromatic amines is 1. The second kappa shape index (κ2) is 10.3. The zero-order valence-corrected chi connectivity index (χ0v) is 22.9. The number of benzene rings is 3. The van der Waals surface area contributed by atoms with Crippen LogP contribution in [0.15, 0.2) is 100 Å². The molecule has 200 valence electrons. The molecule has 0 unspecified atom stereocenters. The number of para-hydroxylation sites is 2. The molecular weight excluding hydrogens is 524 g/mol. The Hall–Kier alpha value is -4.89. The van der Waals surface area contributed by atoms with E-state index in [4.69, 9.17) is 14.5 Å². The summed E-state index contributed by atoms with van der Waals surface area (Å²) in [5.41, 5.74) is 3.82. The van der Waals surface area contributed by atoms with Gasteiger partial charge in [0.05, 0.1) is 30.0 Å². The van der Waals surface area contributed by atoms with Gasteiger partial charge >= 0.3 is 0 Å². The molecule has 2 N–H and O–H groups in total. The van der Waals surface area contributed by atoms with Crippen LogP contribution in [0.2, 0.25) is 0 Å². The maximum absolute atomic E-state index is 14.1. The van der Waals surface area contributed by atoms with Gasteiger partial charge in [-0.05, 0) is 43.3 Å². The van der Waals surface area contributed by atoms with Crippen LogP contribution >= 0.6 is 11.3 Å². The third-order valence-corrected chi connectivity index (χ3v) is 7.92. The number of carbonyl (C=O) groups excluding carboxylic acids is 1. The molecule has 0 saturated carbocycles. The van der Waals surface area contributed by atoms with Gasteiger partial charge in [-0.1, -0.05) is 47.7 Å². The molecule has 40 heavy (non-hydrogen) atoms. The maximum atomic E-state index is 14.1. The van der Waals surface area contributed by atoms with Crippen LogP contribution in [0.5, 0.6) is 11.5 Å². The molecule has 1 amide bonds. The lowest BCUT2D eigenvalue weighted by atomic mass is 9.94. The average Bonchev–Trinajstić information content (AvgIpc) is 3.52. The number of rotatable bonds is 6. The molecule has 0 radical (unpaired) electrons. The lowest BCUT2D eigenvalue weighted by molar-refractivity contribution is -0.113. The molecule has 0 aliphatic carbocycles. The maximum Gasteiger partial charge on any atom is 0.271 e. The summed E-state index contributed by atoms with van der Waals surface area (Å²) in [6.45, 7) is 1.79. The second-order valence-corrected chi connectivity index (χ2v) is 10.3. The van der Waals surface area contributed by atoms with E-state index in [-0.39, 0.29) is 11.5 Å². The topological polar surface area (TPSA) is 97.7 Å². The molecule has 1 aliphatic heterocycles. The third kappa shape index (κ3) is 4.40. The molecule has 1 atom stereocenters. The third-order valence-electron chi connectivity index (χ3n) is 6.94. The monoisotopic (exact) mass is 550 g/mol. The number of H-pyrrole nitrogens is 1. The van der Waals surface area contributed by atoms with Gasteiger partial charge in [0.2, 0.25) is 0 Å². The minimum Gasteiger partial charge on any atom is -0.497 e. The summed E-state index contributed by atoms with van der Waals surface area (Å²) in [7, 11) is 3.13. The number of carbonyl (C=O) groups is 1. The van der Waals surface area contributed by atoms with Crippen molar-refractivity contribution >= 4 is 39.9 Å². The first-order chi connectivity index (χ1) is 19.5. The van der Waals surface area contributed by atoms with Crippen LogP contribution in [0.4, 0.5) is 5.69 Å². The molecule has 9 heteroatoms. The Morgan fingerprint density at radius 3 is 2.60 bits per heavy atom. The van der Waals surface area contributed by atoms with Crippen LogP contribution in [0, 0.1) is 0 Å².